The number of aromatic nitrogens is 1. The number of para-hydroxylation sites is 1. The molecule has 24 heavy (non-hydrogen) atoms. The molecule has 0 radical (unpaired) electrons. The summed E-state index contributed by atoms with van der Waals surface area (Å²) in [6.07, 6.45) is 2.43. The minimum Gasteiger partial charge on any atom is -0.298 e. The van der Waals surface area contributed by atoms with Crippen LogP contribution in [0.5, 0.6) is 0 Å². The second-order valence-corrected chi connectivity index (χ2v) is 8.44. The number of fused-ring (bicyclic) bond motifs is 1. The van der Waals surface area contributed by atoms with Crippen LogP contribution in [0.15, 0.2) is 35.7 Å². The van der Waals surface area contributed by atoms with E-state index in [2.05, 4.69) is 34.5 Å². The summed E-state index contributed by atoms with van der Waals surface area (Å²) in [6.45, 7) is 4.77. The average Bonchev–Trinajstić information content (AvgIpc) is 3.21. The van der Waals surface area contributed by atoms with E-state index in [4.69, 9.17) is 4.98 Å². The molecular weight excluding hydrogens is 336 g/mol. The first kappa shape index (κ1) is 15.9. The molecule has 1 atom stereocenters. The van der Waals surface area contributed by atoms with E-state index in [-0.39, 0.29) is 5.78 Å². The average molecular weight is 357 g/mol. The molecule has 4 rings (SSSR count). The van der Waals surface area contributed by atoms with Crippen LogP contribution >= 0.6 is 22.7 Å². The quantitative estimate of drug-likeness (QED) is 0.621. The van der Waals surface area contributed by atoms with Crippen molar-refractivity contribution in [2.75, 3.05) is 13.1 Å². The molecular formula is C19H20N2OS2. The lowest BCUT2D eigenvalue weighted by Gasteiger charge is -2.31. The number of carbonyl (C=O) groups excluding carboxylic acids is 1. The number of carbonyl (C=O) groups is 1. The first-order chi connectivity index (χ1) is 11.7. The molecule has 124 valence electrons. The number of nitrogens with zero attached hydrogens (tertiary/aromatic N) is 2. The maximum Gasteiger partial charge on any atom is 0.169 e. The molecule has 5 heteroatoms. The maximum atomic E-state index is 11.5. The van der Waals surface area contributed by atoms with Gasteiger partial charge in [-0.3, -0.25) is 9.69 Å². The Balaban J connectivity index is 1.47. The SMILES string of the molecule is CC(=O)c1cc(CN2CCCC(c3nc4ccccc4s3)C2)cs1. The Kier molecular flexibility index (Phi) is 4.48. The van der Waals surface area contributed by atoms with Crippen molar-refractivity contribution in [2.45, 2.75) is 32.2 Å². The summed E-state index contributed by atoms with van der Waals surface area (Å²) in [5, 5.41) is 3.40. The number of benzene rings is 1. The highest BCUT2D eigenvalue weighted by atomic mass is 32.1. The van der Waals surface area contributed by atoms with Gasteiger partial charge in [0.1, 0.15) is 0 Å². The standard InChI is InChI=1S/C19H20N2OS2/c1-13(22)18-9-14(12-23-18)10-21-8-4-5-15(11-21)19-20-16-6-2-3-7-17(16)24-19/h2-3,6-7,9,12,15H,4-5,8,10-11H2,1H3. The van der Waals surface area contributed by atoms with E-state index >= 15 is 0 Å². The molecule has 0 spiro atoms. The van der Waals surface area contributed by atoms with Crippen molar-refractivity contribution < 1.29 is 4.79 Å². The van der Waals surface area contributed by atoms with Crippen LogP contribution in [0.4, 0.5) is 0 Å². The Morgan fingerprint density at radius 3 is 3.04 bits per heavy atom. The number of piperidine rings is 1. The summed E-state index contributed by atoms with van der Waals surface area (Å²) < 4.78 is 1.29. The van der Waals surface area contributed by atoms with E-state index in [9.17, 15) is 4.79 Å². The van der Waals surface area contributed by atoms with Gasteiger partial charge in [-0.2, -0.15) is 0 Å². The Bertz CT molecular complexity index is 834. The first-order valence-electron chi connectivity index (χ1n) is 8.35. The Morgan fingerprint density at radius 1 is 1.38 bits per heavy atom. The zero-order valence-electron chi connectivity index (χ0n) is 13.7. The Labute approximate surface area is 150 Å². The number of thiophene rings is 1. The van der Waals surface area contributed by atoms with Crippen molar-refractivity contribution in [3.05, 3.63) is 51.2 Å². The van der Waals surface area contributed by atoms with Crippen molar-refractivity contribution in [2.24, 2.45) is 0 Å². The smallest absolute Gasteiger partial charge is 0.169 e. The van der Waals surface area contributed by atoms with E-state index in [1.54, 1.807) is 18.3 Å². The van der Waals surface area contributed by atoms with Gasteiger partial charge in [0.05, 0.1) is 20.1 Å². The molecule has 0 bridgehead atoms. The van der Waals surface area contributed by atoms with Gasteiger partial charge < -0.3 is 0 Å². The van der Waals surface area contributed by atoms with Crippen LogP contribution in [0, 0.1) is 0 Å². The minimum absolute atomic E-state index is 0.164. The van der Waals surface area contributed by atoms with Crippen LogP contribution in [-0.4, -0.2) is 28.8 Å². The van der Waals surface area contributed by atoms with Crippen LogP contribution < -0.4 is 0 Å². The molecule has 1 unspecified atom stereocenters. The van der Waals surface area contributed by atoms with Gasteiger partial charge >= 0.3 is 0 Å². The van der Waals surface area contributed by atoms with Gasteiger partial charge in [0, 0.05) is 19.0 Å². The topological polar surface area (TPSA) is 33.2 Å². The van der Waals surface area contributed by atoms with Crippen molar-refractivity contribution in [1.82, 2.24) is 9.88 Å². The molecule has 1 aliphatic heterocycles. The number of rotatable bonds is 4. The molecule has 0 N–H and O–H groups in total. The number of hydrogen-bond donors (Lipinski definition) is 0. The van der Waals surface area contributed by atoms with Gasteiger partial charge in [0.25, 0.3) is 0 Å². The maximum absolute atomic E-state index is 11.5. The zero-order chi connectivity index (χ0) is 16.5. The summed E-state index contributed by atoms with van der Waals surface area (Å²) in [4.78, 5) is 19.7. The summed E-state index contributed by atoms with van der Waals surface area (Å²) in [5.74, 6) is 0.694. The van der Waals surface area contributed by atoms with Crippen LogP contribution in [0.25, 0.3) is 10.2 Å². The molecule has 1 aromatic carbocycles. The van der Waals surface area contributed by atoms with E-state index < -0.39 is 0 Å². The molecule has 2 aromatic heterocycles. The highest BCUT2D eigenvalue weighted by molar-refractivity contribution is 7.18. The zero-order valence-corrected chi connectivity index (χ0v) is 15.3. The molecule has 0 amide bonds. The number of hydrogen-bond acceptors (Lipinski definition) is 5. The van der Waals surface area contributed by atoms with Gasteiger partial charge in [0.15, 0.2) is 5.78 Å². The summed E-state index contributed by atoms with van der Waals surface area (Å²) in [7, 11) is 0. The number of Topliss-reactive ketones (excluding diaryl/α,β-unsaturated/α-hetero) is 1. The van der Waals surface area contributed by atoms with Gasteiger partial charge in [0.2, 0.25) is 0 Å². The Morgan fingerprint density at radius 2 is 2.25 bits per heavy atom. The van der Waals surface area contributed by atoms with Crippen molar-refractivity contribution in [1.29, 1.82) is 0 Å². The second-order valence-electron chi connectivity index (χ2n) is 6.47. The molecule has 0 saturated carbocycles. The predicted molar refractivity (Wildman–Crippen MR) is 101 cm³/mol. The molecule has 3 nitrogen and oxygen atoms in total. The highest BCUT2D eigenvalue weighted by Gasteiger charge is 2.24. The summed E-state index contributed by atoms with van der Waals surface area (Å²) in [6, 6.07) is 10.5. The fourth-order valence-corrected chi connectivity index (χ4v) is 5.27. The van der Waals surface area contributed by atoms with Crippen LogP contribution in [0.3, 0.4) is 0 Å². The number of thiazole rings is 1. The third-order valence-corrected chi connectivity index (χ3v) is 6.85. The third kappa shape index (κ3) is 3.29. The molecule has 3 heterocycles. The lowest BCUT2D eigenvalue weighted by Crippen LogP contribution is -2.33. The largest absolute Gasteiger partial charge is 0.298 e. The van der Waals surface area contributed by atoms with Crippen molar-refractivity contribution in [3.8, 4) is 0 Å². The fraction of sp³-hybridized carbons (Fsp3) is 0.368. The molecule has 3 aromatic rings. The van der Waals surface area contributed by atoms with E-state index in [0.29, 0.717) is 5.92 Å². The molecule has 1 saturated heterocycles. The molecule has 1 fully saturated rings. The van der Waals surface area contributed by atoms with Crippen molar-refractivity contribution in [3.63, 3.8) is 0 Å². The van der Waals surface area contributed by atoms with E-state index in [1.165, 1.54) is 28.1 Å². The molecule has 0 aliphatic carbocycles. The second kappa shape index (κ2) is 6.75. The lowest BCUT2D eigenvalue weighted by molar-refractivity contribution is 0.102. The van der Waals surface area contributed by atoms with Gasteiger partial charge in [-0.15, -0.1) is 22.7 Å². The molecule has 1 aliphatic rings. The van der Waals surface area contributed by atoms with Gasteiger partial charge in [-0.05, 0) is 55.5 Å². The summed E-state index contributed by atoms with van der Waals surface area (Å²) in [5.41, 5.74) is 2.38. The van der Waals surface area contributed by atoms with Crippen LogP contribution in [-0.2, 0) is 6.54 Å². The van der Waals surface area contributed by atoms with Crippen LogP contribution in [0.1, 0.15) is 45.9 Å². The van der Waals surface area contributed by atoms with Gasteiger partial charge in [-0.25, -0.2) is 4.98 Å². The first-order valence-corrected chi connectivity index (χ1v) is 10.0. The monoisotopic (exact) mass is 356 g/mol. The third-order valence-electron chi connectivity index (χ3n) is 4.57. The van der Waals surface area contributed by atoms with Crippen molar-refractivity contribution >= 4 is 38.7 Å². The minimum atomic E-state index is 0.164. The lowest BCUT2D eigenvalue weighted by atomic mass is 9.98. The summed E-state index contributed by atoms with van der Waals surface area (Å²) >= 11 is 3.40. The number of likely N-dealkylation sites (tertiary alicyclic amines) is 1. The fourth-order valence-electron chi connectivity index (χ4n) is 3.37. The Hall–Kier alpha value is -1.56. The highest BCUT2D eigenvalue weighted by Crippen LogP contribution is 2.33. The van der Waals surface area contributed by atoms with Crippen LogP contribution in [0.2, 0.25) is 0 Å². The van der Waals surface area contributed by atoms with E-state index in [0.717, 1.165) is 30.0 Å². The predicted octanol–water partition coefficient (Wildman–Crippen LogP) is 4.94. The van der Waals surface area contributed by atoms with Gasteiger partial charge in [-0.1, -0.05) is 12.1 Å². The van der Waals surface area contributed by atoms with E-state index in [1.807, 2.05) is 17.4 Å². The normalized spacial score (nSPS) is 19.0. The number of ketones is 1.